The van der Waals surface area contributed by atoms with Crippen molar-refractivity contribution in [1.82, 2.24) is 9.21 Å². The number of rotatable bonds is 5. The zero-order valence-electron chi connectivity index (χ0n) is 15.3. The molecule has 1 aliphatic rings. The molecule has 0 unspecified atom stereocenters. The highest BCUT2D eigenvalue weighted by Crippen LogP contribution is 2.20. The molecule has 2 aromatic carbocycles. The van der Waals surface area contributed by atoms with Crippen LogP contribution in [0, 0.1) is 11.6 Å². The number of carbonyl (C=O) groups excluding carboxylic acids is 1. The number of sulfonamides is 1. The SMILES string of the molecule is COCc1ccc(C(=O)N2CCN(S(=O)(=O)c3ccc(F)c(F)c3)CC2)cc1. The normalized spacial score (nSPS) is 15.6. The number of hydrogen-bond donors (Lipinski definition) is 0. The van der Waals surface area contributed by atoms with Gasteiger partial charge in [-0.2, -0.15) is 4.31 Å². The summed E-state index contributed by atoms with van der Waals surface area (Å²) in [5.41, 5.74) is 1.46. The highest BCUT2D eigenvalue weighted by Gasteiger charge is 2.31. The maximum absolute atomic E-state index is 13.4. The molecule has 0 spiro atoms. The molecule has 0 saturated carbocycles. The summed E-state index contributed by atoms with van der Waals surface area (Å²) in [5.74, 6) is -2.51. The molecular formula is C19H20F2N2O4S. The van der Waals surface area contributed by atoms with Crippen LogP contribution in [0.2, 0.25) is 0 Å². The van der Waals surface area contributed by atoms with E-state index < -0.39 is 21.7 Å². The largest absolute Gasteiger partial charge is 0.380 e. The first-order chi connectivity index (χ1) is 13.3. The third-order valence-electron chi connectivity index (χ3n) is 4.57. The van der Waals surface area contributed by atoms with Crippen LogP contribution in [0.1, 0.15) is 15.9 Å². The lowest BCUT2D eigenvalue weighted by atomic mass is 10.1. The van der Waals surface area contributed by atoms with Crippen molar-refractivity contribution >= 4 is 15.9 Å². The number of ether oxygens (including phenoxy) is 1. The monoisotopic (exact) mass is 410 g/mol. The molecule has 0 atom stereocenters. The second-order valence-corrected chi connectivity index (χ2v) is 8.34. The molecule has 0 aliphatic carbocycles. The van der Waals surface area contributed by atoms with Crippen LogP contribution >= 0.6 is 0 Å². The minimum atomic E-state index is -3.95. The highest BCUT2D eigenvalue weighted by molar-refractivity contribution is 7.89. The molecular weight excluding hydrogens is 390 g/mol. The molecule has 150 valence electrons. The molecule has 2 aromatic rings. The second kappa shape index (κ2) is 8.34. The topological polar surface area (TPSA) is 66.9 Å². The molecule has 28 heavy (non-hydrogen) atoms. The summed E-state index contributed by atoms with van der Waals surface area (Å²) >= 11 is 0. The molecule has 1 saturated heterocycles. The molecule has 3 rings (SSSR count). The lowest BCUT2D eigenvalue weighted by Gasteiger charge is -2.34. The van der Waals surface area contributed by atoms with Crippen LogP contribution in [0.4, 0.5) is 8.78 Å². The molecule has 0 aromatic heterocycles. The Morgan fingerprint density at radius 2 is 1.64 bits per heavy atom. The Labute approximate surface area is 162 Å². The molecule has 0 bridgehead atoms. The first-order valence-corrected chi connectivity index (χ1v) is 10.1. The van der Waals surface area contributed by atoms with Gasteiger partial charge in [0.15, 0.2) is 11.6 Å². The average molecular weight is 410 g/mol. The van der Waals surface area contributed by atoms with Crippen LogP contribution in [-0.2, 0) is 21.4 Å². The third-order valence-corrected chi connectivity index (χ3v) is 6.46. The quantitative estimate of drug-likeness (QED) is 0.759. The van der Waals surface area contributed by atoms with Gasteiger partial charge in [-0.1, -0.05) is 12.1 Å². The summed E-state index contributed by atoms with van der Waals surface area (Å²) in [7, 11) is -2.36. The number of carbonyl (C=O) groups is 1. The van der Waals surface area contributed by atoms with Crippen molar-refractivity contribution in [2.45, 2.75) is 11.5 Å². The Morgan fingerprint density at radius 1 is 1.00 bits per heavy atom. The van der Waals surface area contributed by atoms with Gasteiger partial charge in [0.1, 0.15) is 0 Å². The minimum absolute atomic E-state index is 0.0782. The van der Waals surface area contributed by atoms with Crippen molar-refractivity contribution in [2.24, 2.45) is 0 Å². The van der Waals surface area contributed by atoms with E-state index in [0.717, 1.165) is 17.7 Å². The zero-order valence-corrected chi connectivity index (χ0v) is 16.1. The first-order valence-electron chi connectivity index (χ1n) is 8.65. The van der Waals surface area contributed by atoms with Crippen molar-refractivity contribution in [3.8, 4) is 0 Å². The molecule has 1 aliphatic heterocycles. The van der Waals surface area contributed by atoms with E-state index in [4.69, 9.17) is 4.74 Å². The van der Waals surface area contributed by atoms with Crippen LogP contribution in [-0.4, -0.2) is 56.8 Å². The molecule has 9 heteroatoms. The summed E-state index contributed by atoms with van der Waals surface area (Å²) in [6.45, 7) is 1.03. The van der Waals surface area contributed by atoms with Crippen molar-refractivity contribution in [1.29, 1.82) is 0 Å². The molecule has 0 N–H and O–H groups in total. The lowest BCUT2D eigenvalue weighted by Crippen LogP contribution is -2.50. The van der Waals surface area contributed by atoms with Crippen LogP contribution < -0.4 is 0 Å². The molecule has 1 heterocycles. The van der Waals surface area contributed by atoms with E-state index >= 15 is 0 Å². The van der Waals surface area contributed by atoms with Crippen molar-refractivity contribution in [2.75, 3.05) is 33.3 Å². The van der Waals surface area contributed by atoms with E-state index in [1.54, 1.807) is 36.3 Å². The summed E-state index contributed by atoms with van der Waals surface area (Å²) < 4.78 is 57.9. The van der Waals surface area contributed by atoms with Gasteiger partial charge in [0, 0.05) is 38.9 Å². The maximum Gasteiger partial charge on any atom is 0.253 e. The third kappa shape index (κ3) is 4.21. The standard InChI is InChI=1S/C19H20F2N2O4S/c1-27-13-14-2-4-15(5-3-14)19(24)22-8-10-23(11-9-22)28(25,26)16-6-7-17(20)18(21)12-16/h2-7,12H,8-11,13H2,1H3. The Bertz CT molecular complexity index is 956. The Kier molecular flexibility index (Phi) is 6.07. The Balaban J connectivity index is 1.66. The van der Waals surface area contributed by atoms with Crippen LogP contribution in [0.5, 0.6) is 0 Å². The fourth-order valence-corrected chi connectivity index (χ4v) is 4.45. The molecule has 6 nitrogen and oxygen atoms in total. The number of amides is 1. The number of halogens is 2. The second-order valence-electron chi connectivity index (χ2n) is 6.40. The zero-order chi connectivity index (χ0) is 20.3. The smallest absolute Gasteiger partial charge is 0.253 e. The van der Waals surface area contributed by atoms with Gasteiger partial charge in [-0.25, -0.2) is 17.2 Å². The average Bonchev–Trinajstić information content (AvgIpc) is 2.70. The minimum Gasteiger partial charge on any atom is -0.380 e. The molecule has 1 fully saturated rings. The Morgan fingerprint density at radius 3 is 2.21 bits per heavy atom. The Hall–Kier alpha value is -2.36. The number of benzene rings is 2. The van der Waals surface area contributed by atoms with E-state index in [9.17, 15) is 22.0 Å². The van der Waals surface area contributed by atoms with E-state index in [-0.39, 0.29) is 37.0 Å². The van der Waals surface area contributed by atoms with Crippen molar-refractivity contribution in [3.05, 3.63) is 65.2 Å². The molecule has 0 radical (unpaired) electrons. The summed E-state index contributed by atoms with van der Waals surface area (Å²) in [6.07, 6.45) is 0. The van der Waals surface area contributed by atoms with Crippen molar-refractivity contribution < 1.29 is 26.7 Å². The van der Waals surface area contributed by atoms with E-state index in [2.05, 4.69) is 0 Å². The summed E-state index contributed by atoms with van der Waals surface area (Å²) in [6, 6.07) is 9.52. The van der Waals surface area contributed by atoms with Crippen molar-refractivity contribution in [3.63, 3.8) is 0 Å². The van der Waals surface area contributed by atoms with Gasteiger partial charge in [-0.3, -0.25) is 4.79 Å². The molecule has 1 amide bonds. The lowest BCUT2D eigenvalue weighted by molar-refractivity contribution is 0.0698. The number of methoxy groups -OCH3 is 1. The maximum atomic E-state index is 13.4. The highest BCUT2D eigenvalue weighted by atomic mass is 32.2. The predicted molar refractivity (Wildman–Crippen MR) is 98.2 cm³/mol. The van der Waals surface area contributed by atoms with Crippen LogP contribution in [0.15, 0.2) is 47.4 Å². The first kappa shape index (κ1) is 20.4. The van der Waals surface area contributed by atoms with Gasteiger partial charge in [-0.05, 0) is 35.9 Å². The van der Waals surface area contributed by atoms with E-state index in [1.165, 1.54) is 4.31 Å². The van der Waals surface area contributed by atoms with Gasteiger partial charge in [0.25, 0.3) is 5.91 Å². The van der Waals surface area contributed by atoms with Gasteiger partial charge < -0.3 is 9.64 Å². The van der Waals surface area contributed by atoms with Crippen LogP contribution in [0.3, 0.4) is 0 Å². The van der Waals surface area contributed by atoms with E-state index in [0.29, 0.717) is 18.2 Å². The number of piperazine rings is 1. The van der Waals surface area contributed by atoms with Crippen LogP contribution in [0.25, 0.3) is 0 Å². The summed E-state index contributed by atoms with van der Waals surface area (Å²) in [5, 5.41) is 0. The van der Waals surface area contributed by atoms with Gasteiger partial charge in [-0.15, -0.1) is 0 Å². The van der Waals surface area contributed by atoms with Gasteiger partial charge >= 0.3 is 0 Å². The number of hydrogen-bond acceptors (Lipinski definition) is 4. The van der Waals surface area contributed by atoms with Gasteiger partial charge in [0.2, 0.25) is 10.0 Å². The van der Waals surface area contributed by atoms with Gasteiger partial charge in [0.05, 0.1) is 11.5 Å². The number of nitrogens with zero attached hydrogens (tertiary/aromatic N) is 2. The predicted octanol–water partition coefficient (Wildman–Crippen LogP) is 2.26. The fourth-order valence-electron chi connectivity index (χ4n) is 3.01. The fraction of sp³-hybridized carbons (Fsp3) is 0.316. The van der Waals surface area contributed by atoms with E-state index in [1.807, 2.05) is 0 Å². The summed E-state index contributed by atoms with van der Waals surface area (Å²) in [4.78, 5) is 13.9.